The van der Waals surface area contributed by atoms with E-state index in [1.54, 1.807) is 0 Å². The van der Waals surface area contributed by atoms with Gasteiger partial charge in [0.2, 0.25) is 0 Å². The topological polar surface area (TPSA) is 87.2 Å². The second-order valence-corrected chi connectivity index (χ2v) is 7.60. The number of alkyl halides is 3. The van der Waals surface area contributed by atoms with E-state index in [-0.39, 0.29) is 33.4 Å². The van der Waals surface area contributed by atoms with Crippen LogP contribution < -0.4 is 5.73 Å². The molecule has 3 aromatic carbocycles. The number of carbonyl (C=O) groups excluding carboxylic acids is 2. The largest absolute Gasteiger partial charge is 0.465 e. The van der Waals surface area contributed by atoms with Gasteiger partial charge in [0, 0.05) is 16.6 Å². The highest BCUT2D eigenvalue weighted by Crippen LogP contribution is 2.37. The van der Waals surface area contributed by atoms with Crippen molar-refractivity contribution in [3.8, 4) is 11.3 Å². The first-order valence-corrected chi connectivity index (χ1v) is 9.97. The number of anilines is 1. The molecular weight excluding hydrogens is 478 g/mol. The molecule has 0 amide bonds. The fourth-order valence-corrected chi connectivity index (χ4v) is 3.78. The molecule has 1 aromatic heterocycles. The predicted octanol–water partition coefficient (Wildman–Crippen LogP) is 5.57. The molecule has 0 unspecified atom stereocenters. The minimum Gasteiger partial charge on any atom is -0.465 e. The predicted molar refractivity (Wildman–Crippen MR) is 117 cm³/mol. The molecule has 11 heteroatoms. The molecule has 0 saturated carbocycles. The lowest BCUT2D eigenvalue weighted by Gasteiger charge is -2.13. The van der Waals surface area contributed by atoms with E-state index >= 15 is 0 Å². The van der Waals surface area contributed by atoms with E-state index in [2.05, 4.69) is 9.84 Å². The number of fused-ring (bicyclic) bond motifs is 1. The van der Waals surface area contributed by atoms with Crippen LogP contribution in [-0.4, -0.2) is 28.8 Å². The van der Waals surface area contributed by atoms with Crippen LogP contribution in [0.3, 0.4) is 0 Å². The van der Waals surface area contributed by atoms with Crippen molar-refractivity contribution in [2.75, 3.05) is 12.8 Å². The van der Waals surface area contributed by atoms with Crippen LogP contribution in [0, 0.1) is 5.82 Å². The lowest BCUT2D eigenvalue weighted by Crippen LogP contribution is -2.20. The van der Waals surface area contributed by atoms with E-state index in [9.17, 15) is 27.2 Å². The standard InChI is InChI=1S/C23H14ClF4N3O3/c1-34-22(33)11-5-7-13(17(25)9-11)20-14-8-6-12(29)10-18(14)31(30-20)21(32)19-15(23(26,27)28)3-2-4-16(19)24/h2-10H,29H2,1H3. The number of carbonyl (C=O) groups is 2. The Kier molecular flexibility index (Phi) is 5.78. The number of methoxy groups -OCH3 is 1. The Morgan fingerprint density at radius 2 is 1.82 bits per heavy atom. The number of nitrogens with two attached hydrogens (primary N) is 1. The van der Waals surface area contributed by atoms with Gasteiger partial charge in [-0.25, -0.2) is 9.18 Å². The maximum absolute atomic E-state index is 14.9. The number of nitrogens with zero attached hydrogens (tertiary/aromatic N) is 2. The molecule has 2 N–H and O–H groups in total. The fraction of sp³-hybridized carbons (Fsp3) is 0.0870. The number of aromatic nitrogens is 2. The minimum absolute atomic E-state index is 0.0436. The SMILES string of the molecule is COC(=O)c1ccc(-c2nn(C(=O)c3c(Cl)cccc3C(F)(F)F)c3cc(N)ccc23)c(F)c1. The summed E-state index contributed by atoms with van der Waals surface area (Å²) in [5.74, 6) is -2.79. The Labute approximate surface area is 194 Å². The first-order valence-electron chi connectivity index (χ1n) is 9.60. The van der Waals surface area contributed by atoms with Gasteiger partial charge in [-0.15, -0.1) is 0 Å². The summed E-state index contributed by atoms with van der Waals surface area (Å²) in [5.41, 5.74) is 3.82. The zero-order valence-corrected chi connectivity index (χ0v) is 18.0. The first kappa shape index (κ1) is 23.2. The molecule has 1 heterocycles. The quantitative estimate of drug-likeness (QED) is 0.230. The Balaban J connectivity index is 1.96. The van der Waals surface area contributed by atoms with Crippen LogP contribution in [0.25, 0.3) is 22.2 Å². The number of nitrogen functional groups attached to an aromatic ring is 1. The van der Waals surface area contributed by atoms with Crippen molar-refractivity contribution in [2.24, 2.45) is 0 Å². The Morgan fingerprint density at radius 1 is 1.09 bits per heavy atom. The van der Waals surface area contributed by atoms with Crippen molar-refractivity contribution in [3.63, 3.8) is 0 Å². The lowest BCUT2D eigenvalue weighted by molar-refractivity contribution is -0.137. The number of ether oxygens (including phenoxy) is 1. The van der Waals surface area contributed by atoms with Crippen LogP contribution in [0.4, 0.5) is 23.2 Å². The van der Waals surface area contributed by atoms with Gasteiger partial charge >= 0.3 is 12.1 Å². The first-order chi connectivity index (χ1) is 16.0. The van der Waals surface area contributed by atoms with Gasteiger partial charge in [-0.3, -0.25) is 4.79 Å². The average molecular weight is 492 g/mol. The molecule has 4 aromatic rings. The number of hydrogen-bond donors (Lipinski definition) is 1. The Bertz CT molecular complexity index is 1460. The van der Waals surface area contributed by atoms with E-state index in [1.165, 1.54) is 30.3 Å². The zero-order valence-electron chi connectivity index (χ0n) is 17.3. The molecule has 0 atom stereocenters. The van der Waals surface area contributed by atoms with Gasteiger partial charge < -0.3 is 10.5 Å². The van der Waals surface area contributed by atoms with Crippen molar-refractivity contribution < 1.29 is 31.9 Å². The molecule has 0 aliphatic carbocycles. The van der Waals surface area contributed by atoms with Gasteiger partial charge in [-0.05, 0) is 48.5 Å². The van der Waals surface area contributed by atoms with E-state index < -0.39 is 40.0 Å². The third kappa shape index (κ3) is 3.96. The summed E-state index contributed by atoms with van der Waals surface area (Å²) in [7, 11) is 1.14. The molecular formula is C23H14ClF4N3O3. The van der Waals surface area contributed by atoms with Gasteiger partial charge in [0.05, 0.1) is 34.3 Å². The van der Waals surface area contributed by atoms with Crippen LogP contribution in [0.5, 0.6) is 0 Å². The van der Waals surface area contributed by atoms with Gasteiger partial charge in [-0.2, -0.15) is 23.0 Å². The molecule has 0 spiro atoms. The summed E-state index contributed by atoms with van der Waals surface area (Å²) < 4.78 is 61.0. The van der Waals surface area contributed by atoms with Crippen LogP contribution in [0.15, 0.2) is 54.6 Å². The van der Waals surface area contributed by atoms with Crippen molar-refractivity contribution in [1.29, 1.82) is 0 Å². The van der Waals surface area contributed by atoms with Gasteiger partial charge in [-0.1, -0.05) is 17.7 Å². The lowest BCUT2D eigenvalue weighted by atomic mass is 10.0. The Hall–Kier alpha value is -3.92. The number of esters is 1. The highest BCUT2D eigenvalue weighted by molar-refractivity contribution is 6.34. The average Bonchev–Trinajstić information content (AvgIpc) is 3.15. The summed E-state index contributed by atoms with van der Waals surface area (Å²) in [6.07, 6.45) is -4.86. The second kappa shape index (κ2) is 8.45. The van der Waals surface area contributed by atoms with Gasteiger partial charge in [0.1, 0.15) is 11.5 Å². The second-order valence-electron chi connectivity index (χ2n) is 7.19. The zero-order chi connectivity index (χ0) is 24.8. The highest BCUT2D eigenvalue weighted by atomic mass is 35.5. The molecule has 0 aliphatic heterocycles. The minimum atomic E-state index is -4.86. The number of benzene rings is 3. The molecule has 0 aliphatic rings. The van der Waals surface area contributed by atoms with E-state index in [4.69, 9.17) is 17.3 Å². The summed E-state index contributed by atoms with van der Waals surface area (Å²) in [4.78, 5) is 25.0. The molecule has 0 saturated heterocycles. The number of hydrogen-bond acceptors (Lipinski definition) is 5. The molecule has 4 rings (SSSR count). The van der Waals surface area contributed by atoms with Crippen molar-refractivity contribution in [1.82, 2.24) is 9.78 Å². The van der Waals surface area contributed by atoms with E-state index in [1.807, 2.05) is 0 Å². The molecule has 174 valence electrons. The molecule has 0 fully saturated rings. The maximum atomic E-state index is 14.9. The van der Waals surface area contributed by atoms with Crippen LogP contribution in [0.2, 0.25) is 5.02 Å². The van der Waals surface area contributed by atoms with E-state index in [0.717, 1.165) is 31.4 Å². The van der Waals surface area contributed by atoms with Crippen molar-refractivity contribution >= 4 is 40.1 Å². The fourth-order valence-electron chi connectivity index (χ4n) is 3.52. The number of halogens is 5. The smallest absolute Gasteiger partial charge is 0.417 e. The van der Waals surface area contributed by atoms with Crippen LogP contribution >= 0.6 is 11.6 Å². The van der Waals surface area contributed by atoms with Crippen LogP contribution in [-0.2, 0) is 10.9 Å². The van der Waals surface area contributed by atoms with Gasteiger partial charge in [0.15, 0.2) is 0 Å². The molecule has 0 bridgehead atoms. The summed E-state index contributed by atoms with van der Waals surface area (Å²) >= 11 is 5.98. The molecule has 34 heavy (non-hydrogen) atoms. The summed E-state index contributed by atoms with van der Waals surface area (Å²) in [6.45, 7) is 0. The van der Waals surface area contributed by atoms with Crippen molar-refractivity contribution in [2.45, 2.75) is 6.18 Å². The third-order valence-corrected chi connectivity index (χ3v) is 5.39. The highest BCUT2D eigenvalue weighted by Gasteiger charge is 2.37. The van der Waals surface area contributed by atoms with Crippen LogP contribution in [0.1, 0.15) is 26.3 Å². The van der Waals surface area contributed by atoms with Crippen molar-refractivity contribution in [3.05, 3.63) is 82.1 Å². The summed E-state index contributed by atoms with van der Waals surface area (Å²) in [5, 5.41) is 3.94. The normalized spacial score (nSPS) is 11.6. The Morgan fingerprint density at radius 3 is 2.47 bits per heavy atom. The summed E-state index contributed by atoms with van der Waals surface area (Å²) in [6, 6.07) is 10.7. The third-order valence-electron chi connectivity index (χ3n) is 5.08. The molecule has 0 radical (unpaired) electrons. The van der Waals surface area contributed by atoms with E-state index in [0.29, 0.717) is 4.68 Å². The monoisotopic (exact) mass is 491 g/mol. The maximum Gasteiger partial charge on any atom is 0.417 e. The van der Waals surface area contributed by atoms with Gasteiger partial charge in [0.25, 0.3) is 5.91 Å². The molecule has 6 nitrogen and oxygen atoms in total. The number of rotatable bonds is 3.